The number of hydrogen-bond acceptors (Lipinski definition) is 6. The molecule has 160 valence electrons. The zero-order chi connectivity index (χ0) is 21.3. The van der Waals surface area contributed by atoms with E-state index in [0.717, 1.165) is 17.7 Å². The van der Waals surface area contributed by atoms with E-state index in [0.29, 0.717) is 55.5 Å². The van der Waals surface area contributed by atoms with Crippen molar-refractivity contribution >= 4 is 34.4 Å². The van der Waals surface area contributed by atoms with Crippen molar-refractivity contribution in [2.75, 3.05) is 31.7 Å². The normalized spacial score (nSPS) is 14.0. The maximum absolute atomic E-state index is 13.1. The fourth-order valence-electron chi connectivity index (χ4n) is 3.19. The number of nitrogens with one attached hydrogen (secondary N) is 1. The van der Waals surface area contributed by atoms with Crippen LogP contribution in [0.5, 0.6) is 5.75 Å². The highest BCUT2D eigenvalue weighted by molar-refractivity contribution is 7.11. The van der Waals surface area contributed by atoms with Crippen LogP contribution in [0.1, 0.15) is 38.0 Å². The van der Waals surface area contributed by atoms with Crippen LogP contribution in [0.15, 0.2) is 47.5 Å². The van der Waals surface area contributed by atoms with Crippen molar-refractivity contribution in [3.05, 3.63) is 52.4 Å². The smallest absolute Gasteiger partial charge is 0.278 e. The summed E-state index contributed by atoms with van der Waals surface area (Å²) >= 11 is 1.44. The molecular formula is C23H28N2O4S. The number of nitrogens with zero attached hydrogens (tertiary/aromatic N) is 1. The van der Waals surface area contributed by atoms with Crippen LogP contribution in [0.25, 0.3) is 5.57 Å². The highest BCUT2D eigenvalue weighted by Gasteiger charge is 2.39. The summed E-state index contributed by atoms with van der Waals surface area (Å²) in [5, 5.41) is 5.07. The van der Waals surface area contributed by atoms with Crippen LogP contribution in [-0.2, 0) is 14.3 Å². The minimum absolute atomic E-state index is 0.264. The van der Waals surface area contributed by atoms with Gasteiger partial charge in [-0.15, -0.1) is 11.3 Å². The second-order valence-corrected chi connectivity index (χ2v) is 7.84. The van der Waals surface area contributed by atoms with Gasteiger partial charge in [-0.25, -0.2) is 0 Å². The van der Waals surface area contributed by atoms with Gasteiger partial charge >= 0.3 is 0 Å². The Hall–Kier alpha value is -2.64. The van der Waals surface area contributed by atoms with E-state index >= 15 is 0 Å². The maximum atomic E-state index is 13.1. The van der Waals surface area contributed by atoms with Crippen molar-refractivity contribution in [2.45, 2.75) is 33.1 Å². The Morgan fingerprint density at radius 2 is 1.87 bits per heavy atom. The molecule has 0 spiro atoms. The monoisotopic (exact) mass is 428 g/mol. The SMILES string of the molecule is CCCCOCCCN1C(=O)C(Nc2cccc(OCC)c2)=C(c2cccs2)C1=O. The van der Waals surface area contributed by atoms with Crippen molar-refractivity contribution in [1.82, 2.24) is 4.90 Å². The topological polar surface area (TPSA) is 67.9 Å². The maximum Gasteiger partial charge on any atom is 0.278 e. The van der Waals surface area contributed by atoms with Gasteiger partial charge < -0.3 is 14.8 Å². The summed E-state index contributed by atoms with van der Waals surface area (Å²) in [6, 6.07) is 11.1. The molecule has 0 fully saturated rings. The summed E-state index contributed by atoms with van der Waals surface area (Å²) in [5.41, 5.74) is 1.43. The number of carbonyl (C=O) groups excluding carboxylic acids is 2. The highest BCUT2D eigenvalue weighted by atomic mass is 32.1. The van der Waals surface area contributed by atoms with Crippen LogP contribution >= 0.6 is 11.3 Å². The van der Waals surface area contributed by atoms with Crippen molar-refractivity contribution in [2.24, 2.45) is 0 Å². The van der Waals surface area contributed by atoms with E-state index in [9.17, 15) is 9.59 Å². The Balaban J connectivity index is 1.76. The van der Waals surface area contributed by atoms with Gasteiger partial charge in [0.1, 0.15) is 11.4 Å². The van der Waals surface area contributed by atoms with Gasteiger partial charge in [-0.1, -0.05) is 25.5 Å². The molecule has 1 N–H and O–H groups in total. The minimum Gasteiger partial charge on any atom is -0.494 e. The van der Waals surface area contributed by atoms with Gasteiger partial charge in [0.15, 0.2) is 0 Å². The molecule has 7 heteroatoms. The first-order valence-electron chi connectivity index (χ1n) is 10.4. The van der Waals surface area contributed by atoms with Gasteiger partial charge in [0.05, 0.1) is 12.2 Å². The quantitative estimate of drug-likeness (QED) is 0.397. The summed E-state index contributed by atoms with van der Waals surface area (Å²) in [6.07, 6.45) is 2.71. The van der Waals surface area contributed by atoms with Crippen LogP contribution < -0.4 is 10.1 Å². The van der Waals surface area contributed by atoms with Crippen LogP contribution in [0.3, 0.4) is 0 Å². The largest absolute Gasteiger partial charge is 0.494 e. The third kappa shape index (κ3) is 5.29. The van der Waals surface area contributed by atoms with Crippen molar-refractivity contribution in [3.8, 4) is 5.75 Å². The Morgan fingerprint density at radius 1 is 1.03 bits per heavy atom. The third-order valence-electron chi connectivity index (χ3n) is 4.66. The van der Waals surface area contributed by atoms with Crippen molar-refractivity contribution in [3.63, 3.8) is 0 Å². The predicted octanol–water partition coefficient (Wildman–Crippen LogP) is 4.55. The molecule has 0 bridgehead atoms. The number of thiophene rings is 1. The first-order valence-corrected chi connectivity index (χ1v) is 11.3. The van der Waals surface area contributed by atoms with Gasteiger partial charge in [0.2, 0.25) is 0 Å². The molecule has 1 aromatic heterocycles. The molecule has 1 aliphatic heterocycles. The molecule has 0 aliphatic carbocycles. The number of unbranched alkanes of at least 4 members (excludes halogenated alkanes) is 1. The van der Waals surface area contributed by atoms with Gasteiger partial charge in [0.25, 0.3) is 11.8 Å². The van der Waals surface area contributed by atoms with Crippen molar-refractivity contribution in [1.29, 1.82) is 0 Å². The number of benzene rings is 1. The van der Waals surface area contributed by atoms with E-state index in [4.69, 9.17) is 9.47 Å². The fraction of sp³-hybridized carbons (Fsp3) is 0.391. The summed E-state index contributed by atoms with van der Waals surface area (Å²) < 4.78 is 11.1. The Kier molecular flexibility index (Phi) is 8.04. The lowest BCUT2D eigenvalue weighted by Crippen LogP contribution is -2.34. The van der Waals surface area contributed by atoms with Crippen molar-refractivity contribution < 1.29 is 19.1 Å². The first kappa shape index (κ1) is 22.1. The molecule has 1 aliphatic rings. The second kappa shape index (κ2) is 10.9. The lowest BCUT2D eigenvalue weighted by Gasteiger charge is -2.15. The number of hydrogen-bond donors (Lipinski definition) is 1. The van der Waals surface area contributed by atoms with Crippen LogP contribution in [0, 0.1) is 0 Å². The summed E-state index contributed by atoms with van der Waals surface area (Å²) in [6.45, 7) is 6.16. The molecule has 2 aromatic rings. The molecular weight excluding hydrogens is 400 g/mol. The van der Waals surface area contributed by atoms with Gasteiger partial charge in [-0.05, 0) is 43.3 Å². The number of rotatable bonds is 12. The number of amides is 2. The molecule has 0 radical (unpaired) electrons. The van der Waals surface area contributed by atoms with Crippen LogP contribution in [-0.4, -0.2) is 43.1 Å². The van der Waals surface area contributed by atoms with E-state index in [-0.39, 0.29) is 11.8 Å². The van der Waals surface area contributed by atoms with E-state index in [2.05, 4.69) is 12.2 Å². The standard InChI is InChI=1S/C23H28N2O4S/c1-3-5-13-28-14-8-12-25-22(26)20(19-11-7-15-30-19)21(23(25)27)24-17-9-6-10-18(16-17)29-4-2/h6-7,9-11,15-16,24H,3-5,8,12-14H2,1-2H3. The molecule has 1 aromatic carbocycles. The summed E-state index contributed by atoms with van der Waals surface area (Å²) in [7, 11) is 0. The van der Waals surface area contributed by atoms with Gasteiger partial charge in [-0.2, -0.15) is 0 Å². The zero-order valence-electron chi connectivity index (χ0n) is 17.5. The molecule has 6 nitrogen and oxygen atoms in total. The molecule has 2 heterocycles. The minimum atomic E-state index is -0.307. The molecule has 0 unspecified atom stereocenters. The lowest BCUT2D eigenvalue weighted by atomic mass is 10.2. The van der Waals surface area contributed by atoms with E-state index in [1.165, 1.54) is 16.2 Å². The van der Waals surface area contributed by atoms with Crippen LogP contribution in [0.4, 0.5) is 5.69 Å². The molecule has 3 rings (SSSR count). The summed E-state index contributed by atoms with van der Waals surface area (Å²) in [4.78, 5) is 28.3. The van der Waals surface area contributed by atoms with E-state index in [1.54, 1.807) is 0 Å². The predicted molar refractivity (Wildman–Crippen MR) is 120 cm³/mol. The fourth-order valence-corrected chi connectivity index (χ4v) is 3.96. The highest BCUT2D eigenvalue weighted by Crippen LogP contribution is 2.33. The number of carbonyl (C=O) groups is 2. The van der Waals surface area contributed by atoms with Gasteiger partial charge in [-0.3, -0.25) is 14.5 Å². The Morgan fingerprint density at radius 3 is 2.60 bits per heavy atom. The molecule has 0 atom stereocenters. The van der Waals surface area contributed by atoms with E-state index < -0.39 is 0 Å². The third-order valence-corrected chi connectivity index (χ3v) is 5.55. The van der Waals surface area contributed by atoms with Gasteiger partial charge in [0, 0.05) is 36.4 Å². The average molecular weight is 429 g/mol. The lowest BCUT2D eigenvalue weighted by molar-refractivity contribution is -0.137. The Labute approximate surface area is 181 Å². The average Bonchev–Trinajstić information content (AvgIpc) is 3.34. The zero-order valence-corrected chi connectivity index (χ0v) is 18.3. The summed E-state index contributed by atoms with van der Waals surface area (Å²) in [5.74, 6) is 0.136. The van der Waals surface area contributed by atoms with Crippen LogP contribution in [0.2, 0.25) is 0 Å². The number of anilines is 1. The van der Waals surface area contributed by atoms with E-state index in [1.807, 2.05) is 48.7 Å². The number of imide groups is 1. The molecule has 0 saturated carbocycles. The molecule has 0 saturated heterocycles. The number of ether oxygens (including phenoxy) is 2. The molecule has 30 heavy (non-hydrogen) atoms. The second-order valence-electron chi connectivity index (χ2n) is 6.89. The first-order chi connectivity index (χ1) is 14.7. The molecule has 2 amide bonds. The Bertz CT molecular complexity index is 892.